The first-order valence-electron chi connectivity index (χ1n) is 20.3. The molecule has 4 aromatic heterocycles. The molecule has 304 valence electrons. The van der Waals surface area contributed by atoms with Gasteiger partial charge in [-0.15, -0.1) is 23.6 Å². The topological polar surface area (TPSA) is 48.8 Å². The number of hydrogen-bond acceptors (Lipinski definition) is 3. The van der Waals surface area contributed by atoms with E-state index in [-0.39, 0.29) is 37.3 Å². The average Bonchev–Trinajstić information content (AvgIpc) is 3.76. The molecule has 0 saturated heterocycles. The molecule has 0 spiro atoms. The van der Waals surface area contributed by atoms with Crippen molar-refractivity contribution in [2.24, 2.45) is 0 Å². The molecule has 7 heteroatoms. The third kappa shape index (κ3) is 7.70. The molecule has 4 heterocycles. The van der Waals surface area contributed by atoms with E-state index in [1.54, 1.807) is 6.20 Å². The molecule has 5 aromatic carbocycles. The minimum Gasteiger partial charge on any atom is -0.508 e. The summed E-state index contributed by atoms with van der Waals surface area (Å²) in [5.74, 6) is 1.84. The zero-order valence-corrected chi connectivity index (χ0v) is 37.9. The van der Waals surface area contributed by atoms with Gasteiger partial charge in [-0.2, -0.15) is 6.07 Å². The Morgan fingerprint density at radius 3 is 1.97 bits per heavy atom. The first-order chi connectivity index (χ1) is 28.1. The molecule has 0 aliphatic carbocycles. The summed E-state index contributed by atoms with van der Waals surface area (Å²) in [5, 5.41) is 2.18. The predicted molar refractivity (Wildman–Crippen MR) is 239 cm³/mol. The summed E-state index contributed by atoms with van der Waals surface area (Å²) in [6, 6.07) is 47.9. The first kappa shape index (κ1) is 40.9. The summed E-state index contributed by atoms with van der Waals surface area (Å²) >= 11 is 0. The van der Waals surface area contributed by atoms with Gasteiger partial charge in [0.1, 0.15) is 5.82 Å². The van der Waals surface area contributed by atoms with Gasteiger partial charge < -0.3 is 18.9 Å². The van der Waals surface area contributed by atoms with Crippen LogP contribution in [0.5, 0.6) is 11.5 Å². The minimum absolute atomic E-state index is 0. The fourth-order valence-corrected chi connectivity index (χ4v) is 7.72. The summed E-state index contributed by atoms with van der Waals surface area (Å²) in [7, 11) is 0. The van der Waals surface area contributed by atoms with E-state index < -0.39 is 0 Å². The van der Waals surface area contributed by atoms with Crippen molar-refractivity contribution in [2.45, 2.75) is 78.6 Å². The van der Waals surface area contributed by atoms with Gasteiger partial charge in [0.25, 0.3) is 6.33 Å². The van der Waals surface area contributed by atoms with Crippen LogP contribution in [0.4, 0.5) is 0 Å². The van der Waals surface area contributed by atoms with Gasteiger partial charge in [0.2, 0.25) is 0 Å². The van der Waals surface area contributed by atoms with Crippen LogP contribution >= 0.6 is 0 Å². The van der Waals surface area contributed by atoms with Crippen LogP contribution in [0, 0.1) is 18.5 Å². The number of rotatable bonds is 6. The van der Waals surface area contributed by atoms with Gasteiger partial charge in [0.05, 0.1) is 16.7 Å². The molecule has 9 rings (SSSR count). The Morgan fingerprint density at radius 2 is 1.28 bits per heavy atom. The molecule has 0 saturated carbocycles. The SMILES string of the molecule is CC(C)(C)c1cc(-[n+]2[c-]n(-c3[c-]c(Oc4[c-]c5c(cc4)c4cc(-c6ccccc6)ccc4n5-c4ccccn4)cnc3)c3ccc(C(C)(C)C)cc32)cc(C(C)(C)C)c1.[Pt]. The number of imidazole rings is 1. The molecule has 0 amide bonds. The molecule has 0 N–H and O–H groups in total. The molecule has 0 bridgehead atoms. The van der Waals surface area contributed by atoms with E-state index in [1.165, 1.54) is 22.3 Å². The molecule has 0 fully saturated rings. The van der Waals surface area contributed by atoms with E-state index in [4.69, 9.17) is 9.72 Å². The molecule has 9 aromatic rings. The van der Waals surface area contributed by atoms with Gasteiger partial charge in [-0.1, -0.05) is 141 Å². The van der Waals surface area contributed by atoms with Gasteiger partial charge in [-0.3, -0.25) is 4.57 Å². The molecular formula is C53H49N5OPt-2. The Bertz CT molecular complexity index is 2980. The molecule has 60 heavy (non-hydrogen) atoms. The predicted octanol–water partition coefficient (Wildman–Crippen LogP) is 12.5. The maximum atomic E-state index is 6.56. The molecule has 0 aliphatic heterocycles. The summed E-state index contributed by atoms with van der Waals surface area (Å²) in [6.07, 6.45) is 9.05. The van der Waals surface area contributed by atoms with Crippen molar-refractivity contribution in [3.8, 4) is 39.8 Å². The van der Waals surface area contributed by atoms with Crippen molar-refractivity contribution in [3.63, 3.8) is 0 Å². The Morgan fingerprint density at radius 1 is 0.583 bits per heavy atom. The molecule has 0 atom stereocenters. The Labute approximate surface area is 367 Å². The fraction of sp³-hybridized carbons (Fsp3) is 0.226. The van der Waals surface area contributed by atoms with E-state index in [2.05, 4.69) is 180 Å². The van der Waals surface area contributed by atoms with Crippen LogP contribution in [0.25, 0.3) is 61.2 Å². The Hall–Kier alpha value is -5.84. The van der Waals surface area contributed by atoms with Crippen molar-refractivity contribution in [2.75, 3.05) is 0 Å². The van der Waals surface area contributed by atoms with Crippen molar-refractivity contribution in [1.82, 2.24) is 19.1 Å². The monoisotopic (exact) mass is 966 g/mol. The Kier molecular flexibility index (Phi) is 10.4. The molecular weight excluding hydrogens is 918 g/mol. The van der Waals surface area contributed by atoms with Crippen molar-refractivity contribution in [3.05, 3.63) is 169 Å². The van der Waals surface area contributed by atoms with Crippen LogP contribution in [0.15, 0.2) is 134 Å². The minimum atomic E-state index is -0.0382. The maximum absolute atomic E-state index is 6.56. The van der Waals surface area contributed by atoms with Crippen molar-refractivity contribution >= 4 is 32.8 Å². The van der Waals surface area contributed by atoms with Gasteiger partial charge in [-0.25, -0.2) is 4.98 Å². The maximum Gasteiger partial charge on any atom is 0.268 e. The number of hydrogen-bond donors (Lipinski definition) is 0. The van der Waals surface area contributed by atoms with Gasteiger partial charge >= 0.3 is 0 Å². The average molecular weight is 967 g/mol. The van der Waals surface area contributed by atoms with Crippen molar-refractivity contribution < 1.29 is 30.4 Å². The summed E-state index contributed by atoms with van der Waals surface area (Å²) < 4.78 is 12.9. The smallest absolute Gasteiger partial charge is 0.268 e. The molecule has 6 nitrogen and oxygen atoms in total. The van der Waals surface area contributed by atoms with Gasteiger partial charge in [0, 0.05) is 44.3 Å². The first-order valence-corrected chi connectivity index (χ1v) is 20.3. The zero-order chi connectivity index (χ0) is 41.3. The second-order valence-corrected chi connectivity index (χ2v) is 18.6. The summed E-state index contributed by atoms with van der Waals surface area (Å²) in [4.78, 5) is 9.40. The number of aromatic nitrogens is 5. The molecule has 0 unspecified atom stereocenters. The van der Waals surface area contributed by atoms with Crippen LogP contribution < -0.4 is 9.30 Å². The van der Waals surface area contributed by atoms with E-state index in [0.29, 0.717) is 11.5 Å². The number of nitrogens with zero attached hydrogens (tertiary/aromatic N) is 5. The largest absolute Gasteiger partial charge is 0.508 e. The third-order valence-corrected chi connectivity index (χ3v) is 11.2. The van der Waals surface area contributed by atoms with Crippen LogP contribution in [0.1, 0.15) is 79.0 Å². The second kappa shape index (κ2) is 15.3. The van der Waals surface area contributed by atoms with E-state index >= 15 is 0 Å². The van der Waals surface area contributed by atoms with Crippen molar-refractivity contribution in [1.29, 1.82) is 0 Å². The number of ether oxygens (including phenoxy) is 1. The normalized spacial score (nSPS) is 12.3. The van der Waals surface area contributed by atoms with E-state index in [9.17, 15) is 0 Å². The number of benzene rings is 5. The van der Waals surface area contributed by atoms with E-state index in [1.807, 2.05) is 47.3 Å². The van der Waals surface area contributed by atoms with Gasteiger partial charge in [0.15, 0.2) is 0 Å². The quantitative estimate of drug-likeness (QED) is 0.123. The molecule has 0 radical (unpaired) electrons. The van der Waals surface area contributed by atoms with Crippen LogP contribution in [0.3, 0.4) is 0 Å². The zero-order valence-electron chi connectivity index (χ0n) is 35.7. The number of pyridine rings is 2. The van der Waals surface area contributed by atoms with E-state index in [0.717, 1.165) is 55.6 Å². The summed E-state index contributed by atoms with van der Waals surface area (Å²) in [6.45, 7) is 20.4. The standard InChI is InChI=1S/C53H49N5O.Pt/c1-51(2,3)37-19-23-47-49(29-37)56(40-27-38(52(4,5)6)26-39(28-40)53(7,8)9)34-57(47)41-30-43(33-54-32-41)59-42-20-21-44-45-25-36(35-15-11-10-12-16-35)18-22-46(45)58(48(44)31-42)50-17-13-14-24-55-50;/h10-29,32-33H,1-9H3;/q-2;. The third-order valence-electron chi connectivity index (χ3n) is 11.2. The number of fused-ring (bicyclic) bond motifs is 4. The fourth-order valence-electron chi connectivity index (χ4n) is 7.72. The summed E-state index contributed by atoms with van der Waals surface area (Å²) in [5.41, 5.74) is 11.8. The van der Waals surface area contributed by atoms with Gasteiger partial charge in [-0.05, 0) is 97.7 Å². The second-order valence-electron chi connectivity index (χ2n) is 18.6. The van der Waals surface area contributed by atoms with Crippen LogP contribution in [-0.2, 0) is 37.3 Å². The van der Waals surface area contributed by atoms with Crippen LogP contribution in [0.2, 0.25) is 0 Å². The molecule has 0 aliphatic rings. The Balaban J connectivity index is 0.00000499. The van der Waals surface area contributed by atoms with Crippen LogP contribution in [-0.4, -0.2) is 19.1 Å².